The summed E-state index contributed by atoms with van der Waals surface area (Å²) >= 11 is 0. The summed E-state index contributed by atoms with van der Waals surface area (Å²) in [7, 11) is -3.56. The first-order valence-electron chi connectivity index (χ1n) is 11.3. The van der Waals surface area contributed by atoms with Crippen molar-refractivity contribution in [3.63, 3.8) is 0 Å². The lowest BCUT2D eigenvalue weighted by molar-refractivity contribution is 0.0697. The molecule has 6 heteroatoms. The van der Waals surface area contributed by atoms with E-state index in [1.165, 1.54) is 17.7 Å². The summed E-state index contributed by atoms with van der Waals surface area (Å²) in [5, 5.41) is 9.12. The fraction of sp³-hybridized carbons (Fsp3) is 0.138. The van der Waals surface area contributed by atoms with Gasteiger partial charge in [-0.05, 0) is 53.8 Å². The summed E-state index contributed by atoms with van der Waals surface area (Å²) < 4.78 is 32.4. The van der Waals surface area contributed by atoms with Gasteiger partial charge in [-0.3, -0.25) is 0 Å². The van der Waals surface area contributed by atoms with E-state index in [0.717, 1.165) is 17.5 Å². The average Bonchev–Trinajstić information content (AvgIpc) is 2.88. The molecule has 0 unspecified atom stereocenters. The minimum atomic E-state index is -3.56. The number of carboxylic acid groups (broad SMARTS) is 1. The zero-order valence-corrected chi connectivity index (χ0v) is 19.9. The van der Waals surface area contributed by atoms with Crippen LogP contribution in [0.15, 0.2) is 108 Å². The number of benzene rings is 4. The van der Waals surface area contributed by atoms with Crippen molar-refractivity contribution in [1.82, 2.24) is 0 Å². The van der Waals surface area contributed by atoms with Crippen LogP contribution in [0.4, 0.5) is 0 Å². The van der Waals surface area contributed by atoms with Gasteiger partial charge in [0.2, 0.25) is 0 Å². The summed E-state index contributed by atoms with van der Waals surface area (Å²) in [4.78, 5) is 11.4. The molecule has 0 spiro atoms. The maximum absolute atomic E-state index is 13.1. The van der Waals surface area contributed by atoms with Gasteiger partial charge >= 0.3 is 5.97 Å². The highest BCUT2D eigenvalue weighted by molar-refractivity contribution is 7.90. The van der Waals surface area contributed by atoms with Crippen molar-refractivity contribution >= 4 is 15.8 Å². The van der Waals surface area contributed by atoms with E-state index in [-0.39, 0.29) is 22.8 Å². The quantitative estimate of drug-likeness (QED) is 0.310. The molecule has 0 saturated heterocycles. The molecule has 0 aliphatic rings. The maximum Gasteiger partial charge on any atom is 0.335 e. The molecule has 4 aromatic carbocycles. The number of hydrogen-bond donors (Lipinski definition) is 1. The molecule has 0 atom stereocenters. The summed E-state index contributed by atoms with van der Waals surface area (Å²) in [5.74, 6) is -0.605. The molecule has 0 heterocycles. The Balaban J connectivity index is 1.62. The van der Waals surface area contributed by atoms with E-state index in [1.807, 2.05) is 30.3 Å². The number of rotatable bonds is 10. The van der Waals surface area contributed by atoms with Crippen LogP contribution in [-0.4, -0.2) is 19.5 Å². The van der Waals surface area contributed by atoms with Crippen molar-refractivity contribution in [3.8, 4) is 5.75 Å². The lowest BCUT2D eigenvalue weighted by Gasteiger charge is -2.17. The van der Waals surface area contributed by atoms with Gasteiger partial charge in [0.15, 0.2) is 9.84 Å². The third-order valence-electron chi connectivity index (χ3n) is 5.74. The highest BCUT2D eigenvalue weighted by Gasteiger charge is 2.20. The molecule has 0 aromatic heterocycles. The van der Waals surface area contributed by atoms with Crippen LogP contribution >= 0.6 is 0 Å². The fourth-order valence-electron chi connectivity index (χ4n) is 3.87. The Morgan fingerprint density at radius 1 is 0.686 bits per heavy atom. The monoisotopic (exact) mass is 486 g/mol. The Hall–Kier alpha value is -3.90. The third-order valence-corrected chi connectivity index (χ3v) is 7.42. The second-order valence-corrected chi connectivity index (χ2v) is 10.2. The molecule has 178 valence electrons. The Morgan fingerprint density at radius 3 is 1.97 bits per heavy atom. The highest BCUT2D eigenvalue weighted by Crippen LogP contribution is 2.30. The Labute approximate surface area is 205 Å². The standard InChI is InChI=1S/C29H26O5S/c30-29(31)25-18-15-23(16-19-25)20-34-28-24(17-14-22-8-3-1-4-9-22)10-7-11-26(28)21-35(32,33)27-12-5-2-6-13-27/h1-13,15-16,18-19H,14,17,20-21H2,(H,30,31). The van der Waals surface area contributed by atoms with Gasteiger partial charge in [0, 0.05) is 5.56 Å². The molecule has 4 aromatic rings. The topological polar surface area (TPSA) is 80.7 Å². The molecule has 0 aliphatic carbocycles. The first-order valence-corrected chi connectivity index (χ1v) is 12.9. The number of aryl methyl sites for hydroxylation is 2. The molecule has 0 radical (unpaired) electrons. The number of hydrogen-bond acceptors (Lipinski definition) is 4. The van der Waals surface area contributed by atoms with Gasteiger partial charge < -0.3 is 9.84 Å². The van der Waals surface area contributed by atoms with Gasteiger partial charge in [-0.1, -0.05) is 78.9 Å². The van der Waals surface area contributed by atoms with Crippen LogP contribution in [0.1, 0.15) is 32.6 Å². The van der Waals surface area contributed by atoms with E-state index in [1.54, 1.807) is 48.5 Å². The molecule has 0 aliphatic heterocycles. The minimum Gasteiger partial charge on any atom is -0.488 e. The first-order chi connectivity index (χ1) is 16.9. The number of para-hydroxylation sites is 1. The van der Waals surface area contributed by atoms with Crippen molar-refractivity contribution < 1.29 is 23.1 Å². The minimum absolute atomic E-state index is 0.177. The molecule has 0 fully saturated rings. The highest BCUT2D eigenvalue weighted by atomic mass is 32.2. The van der Waals surface area contributed by atoms with Crippen LogP contribution in [-0.2, 0) is 35.0 Å². The van der Waals surface area contributed by atoms with Gasteiger partial charge in [-0.2, -0.15) is 0 Å². The predicted octanol–water partition coefficient (Wildman–Crippen LogP) is 5.72. The van der Waals surface area contributed by atoms with E-state index < -0.39 is 15.8 Å². The van der Waals surface area contributed by atoms with Crippen molar-refractivity contribution in [3.05, 3.63) is 131 Å². The maximum atomic E-state index is 13.1. The van der Waals surface area contributed by atoms with E-state index in [0.29, 0.717) is 17.7 Å². The molecule has 0 bridgehead atoms. The van der Waals surface area contributed by atoms with E-state index in [4.69, 9.17) is 9.84 Å². The van der Waals surface area contributed by atoms with E-state index in [2.05, 4.69) is 12.1 Å². The number of sulfone groups is 1. The smallest absolute Gasteiger partial charge is 0.335 e. The van der Waals surface area contributed by atoms with Gasteiger partial charge in [0.1, 0.15) is 12.4 Å². The molecule has 0 saturated carbocycles. The van der Waals surface area contributed by atoms with Crippen molar-refractivity contribution in [2.24, 2.45) is 0 Å². The summed E-state index contributed by atoms with van der Waals surface area (Å²) in [6, 6.07) is 30.6. The molecule has 0 amide bonds. The zero-order valence-electron chi connectivity index (χ0n) is 19.1. The van der Waals surface area contributed by atoms with Crippen LogP contribution in [0, 0.1) is 0 Å². The Morgan fingerprint density at radius 2 is 1.31 bits per heavy atom. The van der Waals surface area contributed by atoms with Gasteiger partial charge in [0.05, 0.1) is 16.2 Å². The van der Waals surface area contributed by atoms with Crippen LogP contribution in [0.5, 0.6) is 5.75 Å². The molecule has 4 rings (SSSR count). The largest absolute Gasteiger partial charge is 0.488 e. The van der Waals surface area contributed by atoms with Gasteiger partial charge in [0.25, 0.3) is 0 Å². The third kappa shape index (κ3) is 6.37. The van der Waals surface area contributed by atoms with E-state index >= 15 is 0 Å². The zero-order chi connectivity index (χ0) is 24.7. The first kappa shape index (κ1) is 24.2. The van der Waals surface area contributed by atoms with Gasteiger partial charge in [-0.25, -0.2) is 13.2 Å². The molecule has 35 heavy (non-hydrogen) atoms. The lowest BCUT2D eigenvalue weighted by atomic mass is 10.0. The lowest BCUT2D eigenvalue weighted by Crippen LogP contribution is -2.09. The Kier molecular flexibility index (Phi) is 7.63. The van der Waals surface area contributed by atoms with Crippen molar-refractivity contribution in [1.29, 1.82) is 0 Å². The number of carboxylic acids is 1. The van der Waals surface area contributed by atoms with Crippen LogP contribution in [0.2, 0.25) is 0 Å². The summed E-state index contributed by atoms with van der Waals surface area (Å²) in [5.41, 5.74) is 3.71. The second kappa shape index (κ2) is 11.0. The number of ether oxygens (including phenoxy) is 1. The predicted molar refractivity (Wildman–Crippen MR) is 135 cm³/mol. The summed E-state index contributed by atoms with van der Waals surface area (Å²) in [6.07, 6.45) is 1.48. The number of aromatic carboxylic acids is 1. The second-order valence-electron chi connectivity index (χ2n) is 8.25. The van der Waals surface area contributed by atoms with Crippen LogP contribution in [0.25, 0.3) is 0 Å². The van der Waals surface area contributed by atoms with Crippen LogP contribution < -0.4 is 4.74 Å². The van der Waals surface area contributed by atoms with Crippen LogP contribution in [0.3, 0.4) is 0 Å². The van der Waals surface area contributed by atoms with E-state index in [9.17, 15) is 13.2 Å². The van der Waals surface area contributed by atoms with Gasteiger partial charge in [-0.15, -0.1) is 0 Å². The normalized spacial score (nSPS) is 11.2. The number of carbonyl (C=O) groups is 1. The van der Waals surface area contributed by atoms with Crippen molar-refractivity contribution in [2.45, 2.75) is 30.1 Å². The molecular weight excluding hydrogens is 460 g/mol. The molecule has 1 N–H and O–H groups in total. The Bertz CT molecular complexity index is 1380. The average molecular weight is 487 g/mol. The molecule has 5 nitrogen and oxygen atoms in total. The molecular formula is C29H26O5S. The summed E-state index contributed by atoms with van der Waals surface area (Å²) in [6.45, 7) is 0.195. The van der Waals surface area contributed by atoms with Crippen molar-refractivity contribution in [2.75, 3.05) is 0 Å². The SMILES string of the molecule is O=C(O)c1ccc(COc2c(CCc3ccccc3)cccc2CS(=O)(=O)c2ccccc2)cc1. The fourth-order valence-corrected chi connectivity index (χ4v) is 5.25.